The SMILES string of the molecule is CCN(CC)CC(C)Nc1ccnc(N)c1. The Morgan fingerprint density at radius 2 is 2.12 bits per heavy atom. The van der Waals surface area contributed by atoms with Crippen molar-refractivity contribution in [3.05, 3.63) is 18.3 Å². The summed E-state index contributed by atoms with van der Waals surface area (Å²) in [6, 6.07) is 4.20. The monoisotopic (exact) mass is 222 g/mol. The van der Waals surface area contributed by atoms with E-state index in [2.05, 4.69) is 36.0 Å². The minimum atomic E-state index is 0.404. The van der Waals surface area contributed by atoms with E-state index >= 15 is 0 Å². The third-order valence-electron chi connectivity index (χ3n) is 2.62. The van der Waals surface area contributed by atoms with E-state index in [1.807, 2.05) is 12.1 Å². The Kier molecular flexibility index (Phi) is 5.05. The van der Waals surface area contributed by atoms with E-state index < -0.39 is 0 Å². The summed E-state index contributed by atoms with van der Waals surface area (Å²) in [6.45, 7) is 9.74. The molecule has 0 aliphatic heterocycles. The first-order valence-electron chi connectivity index (χ1n) is 5.86. The van der Waals surface area contributed by atoms with Gasteiger partial charge in [-0.15, -0.1) is 0 Å². The van der Waals surface area contributed by atoms with Crippen LogP contribution in [-0.4, -0.2) is 35.6 Å². The van der Waals surface area contributed by atoms with Gasteiger partial charge in [0.05, 0.1) is 0 Å². The Morgan fingerprint density at radius 1 is 1.44 bits per heavy atom. The van der Waals surface area contributed by atoms with Gasteiger partial charge in [-0.2, -0.15) is 0 Å². The summed E-state index contributed by atoms with van der Waals surface area (Å²) < 4.78 is 0. The molecule has 3 N–H and O–H groups in total. The molecule has 1 heterocycles. The van der Waals surface area contributed by atoms with Crippen LogP contribution in [0.15, 0.2) is 18.3 Å². The quantitative estimate of drug-likeness (QED) is 0.770. The van der Waals surface area contributed by atoms with Gasteiger partial charge >= 0.3 is 0 Å². The molecule has 16 heavy (non-hydrogen) atoms. The van der Waals surface area contributed by atoms with E-state index in [4.69, 9.17) is 5.73 Å². The van der Waals surface area contributed by atoms with Crippen molar-refractivity contribution in [2.75, 3.05) is 30.7 Å². The first-order valence-corrected chi connectivity index (χ1v) is 5.86. The molecule has 0 spiro atoms. The number of nitrogen functional groups attached to an aromatic ring is 1. The average Bonchev–Trinajstić information content (AvgIpc) is 2.26. The molecule has 4 nitrogen and oxygen atoms in total. The predicted octanol–water partition coefficient (Wildman–Crippen LogP) is 1.81. The predicted molar refractivity (Wildman–Crippen MR) is 69.5 cm³/mol. The Hall–Kier alpha value is -1.29. The zero-order valence-corrected chi connectivity index (χ0v) is 10.4. The fraction of sp³-hybridized carbons (Fsp3) is 0.583. The third kappa shape index (κ3) is 4.06. The highest BCUT2D eigenvalue weighted by Gasteiger charge is 2.06. The second-order valence-electron chi connectivity index (χ2n) is 4.00. The number of nitrogens with two attached hydrogens (primary N) is 1. The molecule has 0 aliphatic carbocycles. The molecule has 0 amide bonds. The summed E-state index contributed by atoms with van der Waals surface area (Å²) in [5, 5.41) is 3.42. The minimum absolute atomic E-state index is 0.404. The number of pyridine rings is 1. The van der Waals surface area contributed by atoms with E-state index in [9.17, 15) is 0 Å². The molecular weight excluding hydrogens is 200 g/mol. The number of nitrogens with zero attached hydrogens (tertiary/aromatic N) is 2. The van der Waals surface area contributed by atoms with Gasteiger partial charge in [0.25, 0.3) is 0 Å². The van der Waals surface area contributed by atoms with Crippen molar-refractivity contribution >= 4 is 11.5 Å². The summed E-state index contributed by atoms with van der Waals surface area (Å²) in [6.07, 6.45) is 1.72. The number of likely N-dealkylation sites (N-methyl/N-ethyl adjacent to an activating group) is 1. The highest BCUT2D eigenvalue weighted by atomic mass is 15.1. The number of hydrogen-bond donors (Lipinski definition) is 2. The molecule has 1 unspecified atom stereocenters. The first-order chi connectivity index (χ1) is 7.65. The zero-order valence-electron chi connectivity index (χ0n) is 10.4. The lowest BCUT2D eigenvalue weighted by Crippen LogP contribution is -2.34. The number of rotatable bonds is 6. The van der Waals surface area contributed by atoms with Crippen LogP contribution in [0.5, 0.6) is 0 Å². The van der Waals surface area contributed by atoms with Gasteiger partial charge in [0, 0.05) is 30.5 Å². The second kappa shape index (κ2) is 6.33. The highest BCUT2D eigenvalue weighted by molar-refractivity contribution is 5.50. The van der Waals surface area contributed by atoms with Crippen molar-refractivity contribution in [2.24, 2.45) is 0 Å². The molecule has 0 aliphatic rings. The van der Waals surface area contributed by atoms with E-state index in [1.54, 1.807) is 6.20 Å². The maximum absolute atomic E-state index is 5.63. The van der Waals surface area contributed by atoms with Crippen molar-refractivity contribution in [1.82, 2.24) is 9.88 Å². The fourth-order valence-corrected chi connectivity index (χ4v) is 1.74. The molecule has 1 aromatic heterocycles. The van der Waals surface area contributed by atoms with Gasteiger partial charge in [0.15, 0.2) is 0 Å². The first kappa shape index (κ1) is 12.8. The van der Waals surface area contributed by atoms with Gasteiger partial charge in [-0.25, -0.2) is 4.98 Å². The number of hydrogen-bond acceptors (Lipinski definition) is 4. The Morgan fingerprint density at radius 3 is 2.69 bits per heavy atom. The fourth-order valence-electron chi connectivity index (χ4n) is 1.74. The number of aromatic nitrogens is 1. The van der Waals surface area contributed by atoms with Crippen LogP contribution in [0.1, 0.15) is 20.8 Å². The lowest BCUT2D eigenvalue weighted by Gasteiger charge is -2.24. The highest BCUT2D eigenvalue weighted by Crippen LogP contribution is 2.10. The zero-order chi connectivity index (χ0) is 12.0. The van der Waals surface area contributed by atoms with Gasteiger partial charge in [-0.05, 0) is 26.1 Å². The summed E-state index contributed by atoms with van der Waals surface area (Å²) in [7, 11) is 0. The van der Waals surface area contributed by atoms with Crippen LogP contribution in [0, 0.1) is 0 Å². The summed E-state index contributed by atoms with van der Waals surface area (Å²) in [4.78, 5) is 6.36. The van der Waals surface area contributed by atoms with Crippen LogP contribution >= 0.6 is 0 Å². The molecule has 0 bridgehead atoms. The van der Waals surface area contributed by atoms with Crippen LogP contribution in [0.3, 0.4) is 0 Å². The molecule has 1 aromatic rings. The van der Waals surface area contributed by atoms with Gasteiger partial charge in [-0.3, -0.25) is 0 Å². The van der Waals surface area contributed by atoms with Crippen LogP contribution < -0.4 is 11.1 Å². The van der Waals surface area contributed by atoms with Gasteiger partial charge < -0.3 is 16.0 Å². The van der Waals surface area contributed by atoms with Crippen molar-refractivity contribution < 1.29 is 0 Å². The summed E-state index contributed by atoms with van der Waals surface area (Å²) in [5.41, 5.74) is 6.66. The van der Waals surface area contributed by atoms with Crippen molar-refractivity contribution in [3.8, 4) is 0 Å². The molecule has 1 rings (SSSR count). The van der Waals surface area contributed by atoms with Gasteiger partial charge in [0.2, 0.25) is 0 Å². The number of nitrogens with one attached hydrogen (secondary N) is 1. The maximum atomic E-state index is 5.63. The van der Waals surface area contributed by atoms with Crippen LogP contribution in [0.4, 0.5) is 11.5 Å². The molecule has 0 saturated carbocycles. The molecule has 0 radical (unpaired) electrons. The Balaban J connectivity index is 2.47. The Labute approximate surface area is 97.9 Å². The van der Waals surface area contributed by atoms with Crippen LogP contribution in [0.2, 0.25) is 0 Å². The van der Waals surface area contributed by atoms with E-state index in [1.165, 1.54) is 0 Å². The molecule has 90 valence electrons. The van der Waals surface area contributed by atoms with Crippen LogP contribution in [0.25, 0.3) is 0 Å². The van der Waals surface area contributed by atoms with Gasteiger partial charge in [0.1, 0.15) is 5.82 Å². The van der Waals surface area contributed by atoms with Gasteiger partial charge in [-0.1, -0.05) is 13.8 Å². The van der Waals surface area contributed by atoms with Crippen molar-refractivity contribution in [2.45, 2.75) is 26.8 Å². The lowest BCUT2D eigenvalue weighted by molar-refractivity contribution is 0.295. The van der Waals surface area contributed by atoms with E-state index in [0.717, 1.165) is 25.3 Å². The lowest BCUT2D eigenvalue weighted by atomic mass is 10.2. The van der Waals surface area contributed by atoms with Crippen LogP contribution in [-0.2, 0) is 0 Å². The normalized spacial score (nSPS) is 12.8. The third-order valence-corrected chi connectivity index (χ3v) is 2.62. The molecular formula is C12H22N4. The smallest absolute Gasteiger partial charge is 0.125 e. The molecule has 0 aromatic carbocycles. The van der Waals surface area contributed by atoms with Crippen molar-refractivity contribution in [3.63, 3.8) is 0 Å². The second-order valence-corrected chi connectivity index (χ2v) is 4.00. The number of anilines is 2. The average molecular weight is 222 g/mol. The largest absolute Gasteiger partial charge is 0.384 e. The topological polar surface area (TPSA) is 54.2 Å². The minimum Gasteiger partial charge on any atom is -0.384 e. The van der Waals surface area contributed by atoms with E-state index in [0.29, 0.717) is 11.9 Å². The molecule has 0 saturated heterocycles. The molecule has 0 fully saturated rings. The van der Waals surface area contributed by atoms with Crippen molar-refractivity contribution in [1.29, 1.82) is 0 Å². The summed E-state index contributed by atoms with van der Waals surface area (Å²) in [5.74, 6) is 0.556. The Bertz CT molecular complexity index is 310. The molecule has 4 heteroatoms. The summed E-state index contributed by atoms with van der Waals surface area (Å²) >= 11 is 0. The standard InChI is InChI=1S/C12H22N4/c1-4-16(5-2)9-10(3)15-11-6-7-14-12(13)8-11/h6-8,10H,4-5,9H2,1-3H3,(H3,13,14,15). The van der Waals surface area contributed by atoms with E-state index in [-0.39, 0.29) is 0 Å². The maximum Gasteiger partial charge on any atom is 0.125 e. The molecule has 1 atom stereocenters.